The van der Waals surface area contributed by atoms with Crippen LogP contribution in [0.3, 0.4) is 0 Å². The van der Waals surface area contributed by atoms with Crippen LogP contribution in [0.25, 0.3) is 0 Å². The fourth-order valence-electron chi connectivity index (χ4n) is 0.957. The van der Waals surface area contributed by atoms with Crippen LogP contribution in [0, 0.1) is 6.08 Å². The van der Waals surface area contributed by atoms with Crippen molar-refractivity contribution in [2.45, 2.75) is 32.1 Å². The van der Waals surface area contributed by atoms with Crippen molar-refractivity contribution >= 4 is 0 Å². The number of hydrogen-bond donors (Lipinski definition) is 0. The second-order valence-electron chi connectivity index (χ2n) is 2.36. The van der Waals surface area contributed by atoms with Gasteiger partial charge in [0.2, 0.25) is 0 Å². The predicted molar refractivity (Wildman–Crippen MR) is 40.0 cm³/mol. The van der Waals surface area contributed by atoms with Crippen molar-refractivity contribution in [3.8, 4) is 0 Å². The van der Waals surface area contributed by atoms with E-state index in [9.17, 15) is 0 Å². The topological polar surface area (TPSA) is 0 Å². The quantitative estimate of drug-likeness (QED) is 0.432. The van der Waals surface area contributed by atoms with E-state index in [-0.39, 0.29) is 0 Å². The summed E-state index contributed by atoms with van der Waals surface area (Å²) in [7, 11) is 0. The largest absolute Gasteiger partial charge is 0.0882 e. The molecule has 0 fully saturated rings. The van der Waals surface area contributed by atoms with E-state index in [2.05, 4.69) is 24.3 Å². The van der Waals surface area contributed by atoms with Gasteiger partial charge >= 0.3 is 0 Å². The zero-order chi connectivity index (χ0) is 6.36. The monoisotopic (exact) mass is 121 g/mol. The molecule has 9 heavy (non-hydrogen) atoms. The van der Waals surface area contributed by atoms with Gasteiger partial charge in [-0.2, -0.15) is 0 Å². The molecule has 1 aliphatic carbocycles. The van der Waals surface area contributed by atoms with Gasteiger partial charge in [-0.1, -0.05) is 18.2 Å². The molecule has 0 nitrogen and oxygen atoms in total. The third-order valence-electron chi connectivity index (χ3n) is 1.51. The lowest BCUT2D eigenvalue weighted by Gasteiger charge is -1.88. The highest BCUT2D eigenvalue weighted by Crippen LogP contribution is 2.04. The molecule has 0 saturated carbocycles. The summed E-state index contributed by atoms with van der Waals surface area (Å²) >= 11 is 0. The molecule has 0 aliphatic heterocycles. The Hall–Kier alpha value is -0.520. The lowest BCUT2D eigenvalue weighted by Crippen LogP contribution is -1.69. The van der Waals surface area contributed by atoms with E-state index < -0.39 is 0 Å². The van der Waals surface area contributed by atoms with Gasteiger partial charge in [0.1, 0.15) is 0 Å². The summed E-state index contributed by atoms with van der Waals surface area (Å²) in [4.78, 5) is 0. The predicted octanol–water partition coefficient (Wildman–Crippen LogP) is 2.87. The van der Waals surface area contributed by atoms with Gasteiger partial charge in [-0.25, -0.2) is 0 Å². The van der Waals surface area contributed by atoms with E-state index >= 15 is 0 Å². The van der Waals surface area contributed by atoms with Crippen LogP contribution in [-0.2, 0) is 0 Å². The smallest absolute Gasteiger partial charge is 0.0163 e. The molecule has 49 valence electrons. The van der Waals surface area contributed by atoms with Crippen molar-refractivity contribution in [3.63, 3.8) is 0 Å². The van der Waals surface area contributed by atoms with Gasteiger partial charge in [0.05, 0.1) is 0 Å². The Morgan fingerprint density at radius 3 is 3.11 bits per heavy atom. The van der Waals surface area contributed by atoms with E-state index in [1.54, 1.807) is 0 Å². The first-order valence-electron chi connectivity index (χ1n) is 3.70. The molecule has 0 heterocycles. The maximum Gasteiger partial charge on any atom is -0.0163 e. The Bertz CT molecular complexity index is 95.2. The molecule has 0 amide bonds. The normalized spacial score (nSPS) is 20.4. The highest BCUT2D eigenvalue weighted by atomic mass is 13.9. The van der Waals surface area contributed by atoms with Gasteiger partial charge in [-0.3, -0.25) is 0 Å². The molecule has 0 spiro atoms. The number of allylic oxidation sites excluding steroid dienone is 4. The molecule has 0 aromatic rings. The third-order valence-corrected chi connectivity index (χ3v) is 1.51. The van der Waals surface area contributed by atoms with Gasteiger partial charge in [-0.05, 0) is 38.2 Å². The molecular formula is C9H13. The van der Waals surface area contributed by atoms with Gasteiger partial charge in [0, 0.05) is 0 Å². The Morgan fingerprint density at radius 2 is 2.11 bits per heavy atom. The van der Waals surface area contributed by atoms with Crippen LogP contribution in [0.4, 0.5) is 0 Å². The average Bonchev–Trinajstić information content (AvgIpc) is 2.00. The highest BCUT2D eigenvalue weighted by Gasteiger charge is 1.85. The van der Waals surface area contributed by atoms with Crippen LogP contribution in [0.2, 0.25) is 0 Å². The summed E-state index contributed by atoms with van der Waals surface area (Å²) in [6, 6.07) is 0. The lowest BCUT2D eigenvalue weighted by atomic mass is 10.2. The lowest BCUT2D eigenvalue weighted by molar-refractivity contribution is 0.756. The van der Waals surface area contributed by atoms with Crippen LogP contribution in [0.1, 0.15) is 32.1 Å². The van der Waals surface area contributed by atoms with E-state index in [1.807, 2.05) is 0 Å². The van der Waals surface area contributed by atoms with Crippen molar-refractivity contribution in [2.75, 3.05) is 0 Å². The minimum absolute atomic E-state index is 1.08. The zero-order valence-electron chi connectivity index (χ0n) is 5.77. The van der Waals surface area contributed by atoms with E-state index in [1.165, 1.54) is 19.3 Å². The Labute approximate surface area is 57.3 Å². The minimum Gasteiger partial charge on any atom is -0.0882 e. The molecule has 0 N–H and O–H groups in total. The van der Waals surface area contributed by atoms with Crippen LogP contribution in [0.5, 0.6) is 0 Å². The van der Waals surface area contributed by atoms with Crippen LogP contribution < -0.4 is 0 Å². The number of rotatable bonds is 0. The second-order valence-corrected chi connectivity index (χ2v) is 2.36. The van der Waals surface area contributed by atoms with Gasteiger partial charge in [-0.15, -0.1) is 0 Å². The molecular weight excluding hydrogens is 108 g/mol. The standard InChI is InChI=1S/C9H13/c1-2-4-6-8-9-7-5-3-1/h1-2,5H,3-4,6,8-9H2. The first kappa shape index (κ1) is 6.60. The summed E-state index contributed by atoms with van der Waals surface area (Å²) < 4.78 is 0. The molecule has 1 radical (unpaired) electrons. The minimum atomic E-state index is 1.08. The maximum absolute atomic E-state index is 3.25. The summed E-state index contributed by atoms with van der Waals surface area (Å²) in [5, 5.41) is 0. The fraction of sp³-hybridized carbons (Fsp3) is 0.556. The van der Waals surface area contributed by atoms with Crippen LogP contribution >= 0.6 is 0 Å². The molecule has 0 saturated heterocycles. The molecule has 0 bridgehead atoms. The Balaban J connectivity index is 2.28. The molecule has 0 aromatic carbocycles. The average molecular weight is 121 g/mol. The van der Waals surface area contributed by atoms with E-state index in [0.717, 1.165) is 12.8 Å². The van der Waals surface area contributed by atoms with Crippen molar-refractivity contribution in [1.29, 1.82) is 0 Å². The first-order chi connectivity index (χ1) is 4.50. The molecule has 0 unspecified atom stereocenters. The van der Waals surface area contributed by atoms with Crippen LogP contribution in [-0.4, -0.2) is 0 Å². The maximum atomic E-state index is 3.25. The SMILES string of the molecule is [C]1=CCC=CCCCC1. The summed E-state index contributed by atoms with van der Waals surface area (Å²) in [5.74, 6) is 0. The molecule has 0 heteroatoms. The molecule has 0 atom stereocenters. The Morgan fingerprint density at radius 1 is 1.11 bits per heavy atom. The van der Waals surface area contributed by atoms with Crippen molar-refractivity contribution in [1.82, 2.24) is 0 Å². The molecule has 1 rings (SSSR count). The third kappa shape index (κ3) is 3.12. The second kappa shape index (κ2) is 4.37. The zero-order valence-corrected chi connectivity index (χ0v) is 5.77. The van der Waals surface area contributed by atoms with Gasteiger partial charge in [0.15, 0.2) is 0 Å². The van der Waals surface area contributed by atoms with Crippen molar-refractivity contribution in [3.05, 3.63) is 24.3 Å². The first-order valence-corrected chi connectivity index (χ1v) is 3.70. The van der Waals surface area contributed by atoms with Gasteiger partial charge < -0.3 is 0 Å². The number of hydrogen-bond acceptors (Lipinski definition) is 0. The summed E-state index contributed by atoms with van der Waals surface area (Å²) in [6.45, 7) is 0. The summed E-state index contributed by atoms with van der Waals surface area (Å²) in [5.41, 5.74) is 0. The Kier molecular flexibility index (Phi) is 3.20. The fourth-order valence-corrected chi connectivity index (χ4v) is 0.957. The van der Waals surface area contributed by atoms with Crippen molar-refractivity contribution in [2.24, 2.45) is 0 Å². The van der Waals surface area contributed by atoms with E-state index in [4.69, 9.17) is 0 Å². The van der Waals surface area contributed by atoms with E-state index in [0.29, 0.717) is 0 Å². The molecule has 0 aromatic heterocycles. The highest BCUT2D eigenvalue weighted by molar-refractivity contribution is 4.91. The van der Waals surface area contributed by atoms with Crippen LogP contribution in [0.15, 0.2) is 18.2 Å². The summed E-state index contributed by atoms with van der Waals surface area (Å²) in [6.07, 6.45) is 16.0. The van der Waals surface area contributed by atoms with Crippen molar-refractivity contribution < 1.29 is 0 Å². The molecule has 1 aliphatic rings. The van der Waals surface area contributed by atoms with Gasteiger partial charge in [0.25, 0.3) is 0 Å².